The molecule has 3 heteroatoms. The van der Waals surface area contributed by atoms with Crippen molar-refractivity contribution >= 4 is 11.4 Å². The SMILES string of the molecule is CCCCCCCCC#CC1=C(c2cccc(CCCC)c2)[N+](=[N-])C(c2ccc(CCCCCCCC)cc2)=C1C=CCCCCCCCCCCCCCCCCCCCCCCCCCCCC.[CH2-]CCCCCCCCCCCCCCCCCCCCCC.[CH2-]CCCCCCCCCCCCCCCCCCCCCC.[Ni+2]. The Morgan fingerprint density at radius 1 is 0.274 bits per heavy atom. The number of rotatable bonds is 86. The van der Waals surface area contributed by atoms with Crippen LogP contribution in [0.15, 0.2) is 71.8 Å². The molecule has 3 rings (SSSR count). The Hall–Kier alpha value is -2.69. The summed E-state index contributed by atoms with van der Waals surface area (Å²) in [5, 5.41) is 0. The Balaban J connectivity index is 0.00000232. The van der Waals surface area contributed by atoms with E-state index in [1.807, 2.05) is 0 Å². The molecule has 0 saturated heterocycles. The van der Waals surface area contributed by atoms with Gasteiger partial charge in [0, 0.05) is 17.5 Å². The van der Waals surface area contributed by atoms with Crippen molar-refractivity contribution in [2.75, 3.05) is 0 Å². The molecule has 1 aliphatic rings. The fourth-order valence-electron chi connectivity index (χ4n) is 17.4. The van der Waals surface area contributed by atoms with Gasteiger partial charge in [-0.05, 0) is 80.3 Å². The standard InChI is InChI=1S/C68H110N2.2C23H47.Ni/c1-5-9-13-16-19-21-22-23-24-25-26-27-28-29-30-31-32-33-34-35-36-37-38-39-40-42-45-47-54-65-66(55-48-44-41-20-17-14-10-6-2)68(64-53-49-52-62(60-64)50-12-8-4)70(69)67(65)63-58-56-61(57-59-63)51-46-43-18-15-11-7-3;2*1-3-5-7-9-11-13-15-17-19-21-23-22-20-18-16-14-12-10-8-6-4-2;/h47,49,52-54,56-60H,5-46,50-51H2,1-4H3;2*1,3-23H2,2H3;/q;2*-1;+2. The summed E-state index contributed by atoms with van der Waals surface area (Å²) in [4.78, 5) is 0. The monoisotopic (exact) mass is 1660 g/mol. The van der Waals surface area contributed by atoms with Crippen LogP contribution in [0, 0.1) is 25.7 Å². The van der Waals surface area contributed by atoms with Crippen molar-refractivity contribution in [1.29, 1.82) is 0 Å². The molecule has 0 fully saturated rings. The number of aryl methyl sites for hydroxylation is 2. The maximum absolute atomic E-state index is 12.3. The molecule has 0 aromatic heterocycles. The van der Waals surface area contributed by atoms with E-state index in [-0.39, 0.29) is 16.5 Å². The number of nitrogens with zero attached hydrogens (tertiary/aromatic N) is 2. The molecule has 0 unspecified atom stereocenters. The molecule has 2 aromatic carbocycles. The van der Waals surface area contributed by atoms with Crippen molar-refractivity contribution < 1.29 is 21.2 Å². The average molecular weight is 1660 g/mol. The predicted octanol–water partition coefficient (Wildman–Crippen LogP) is 41.0. The number of hydrogen-bond acceptors (Lipinski definition) is 0. The minimum Gasteiger partial charge on any atom is -0.493 e. The van der Waals surface area contributed by atoms with Gasteiger partial charge in [-0.2, -0.15) is 12.8 Å². The second-order valence-corrected chi connectivity index (χ2v) is 36.8. The van der Waals surface area contributed by atoms with E-state index in [0.29, 0.717) is 0 Å². The predicted molar refractivity (Wildman–Crippen MR) is 527 cm³/mol. The van der Waals surface area contributed by atoms with Gasteiger partial charge in [-0.1, -0.05) is 578 Å². The van der Waals surface area contributed by atoms with Crippen LogP contribution in [0.2, 0.25) is 0 Å². The zero-order valence-electron chi connectivity index (χ0n) is 80.2. The third-order valence-electron chi connectivity index (χ3n) is 25.3. The van der Waals surface area contributed by atoms with E-state index < -0.39 is 0 Å². The normalized spacial score (nSPS) is 12.1. The Labute approximate surface area is 746 Å². The van der Waals surface area contributed by atoms with Crippen LogP contribution in [0.25, 0.3) is 16.9 Å². The molecular formula is C114H204N2Ni. The van der Waals surface area contributed by atoms with Crippen LogP contribution in [0.4, 0.5) is 0 Å². The largest absolute Gasteiger partial charge is 2.00 e. The van der Waals surface area contributed by atoms with Crippen molar-refractivity contribution in [1.82, 2.24) is 0 Å². The molecule has 0 spiro atoms. The van der Waals surface area contributed by atoms with Gasteiger partial charge in [0.05, 0.1) is 5.57 Å². The van der Waals surface area contributed by atoms with Gasteiger partial charge in [-0.25, -0.2) is 4.70 Å². The molecule has 0 atom stereocenters. The first-order valence-electron chi connectivity index (χ1n) is 53.4. The molecule has 2 aromatic rings. The van der Waals surface area contributed by atoms with Crippen molar-refractivity contribution in [2.24, 2.45) is 0 Å². The molecule has 0 N–H and O–H groups in total. The van der Waals surface area contributed by atoms with Gasteiger partial charge in [-0.15, -0.1) is 0 Å². The smallest absolute Gasteiger partial charge is 0.493 e. The third kappa shape index (κ3) is 74.5. The second-order valence-electron chi connectivity index (χ2n) is 36.8. The third-order valence-corrected chi connectivity index (χ3v) is 25.3. The number of hydrogen-bond donors (Lipinski definition) is 0. The zero-order valence-corrected chi connectivity index (χ0v) is 81.2. The molecular weight excluding hydrogens is 1460 g/mol. The number of unbranched alkanes of at least 4 members (excludes halogenated alkanes) is 78. The summed E-state index contributed by atoms with van der Waals surface area (Å²) in [5.41, 5.74) is 20.9. The first kappa shape index (κ1) is 114. The number of benzene rings is 2. The number of allylic oxidation sites excluding steroid dienone is 4. The summed E-state index contributed by atoms with van der Waals surface area (Å²) in [5.74, 6) is 7.27. The van der Waals surface area contributed by atoms with Gasteiger partial charge in [-0.3, -0.25) is 0 Å². The Morgan fingerprint density at radius 2 is 0.538 bits per heavy atom. The van der Waals surface area contributed by atoms with E-state index in [4.69, 9.17) is 0 Å². The van der Waals surface area contributed by atoms with Gasteiger partial charge in [0.25, 0.3) is 0 Å². The summed E-state index contributed by atoms with van der Waals surface area (Å²) in [6.07, 6.45) is 124. The minimum absolute atomic E-state index is 0. The summed E-state index contributed by atoms with van der Waals surface area (Å²) >= 11 is 0. The first-order valence-corrected chi connectivity index (χ1v) is 53.4. The maximum Gasteiger partial charge on any atom is 2.00 e. The fourth-order valence-corrected chi connectivity index (χ4v) is 17.4. The van der Waals surface area contributed by atoms with Gasteiger partial charge >= 0.3 is 16.5 Å². The van der Waals surface area contributed by atoms with Gasteiger partial charge in [0.2, 0.25) is 11.4 Å². The summed E-state index contributed by atoms with van der Waals surface area (Å²) in [6.45, 7) is 21.5. The molecule has 2 nitrogen and oxygen atoms in total. The van der Waals surface area contributed by atoms with Crippen LogP contribution in [-0.4, -0.2) is 4.70 Å². The van der Waals surface area contributed by atoms with Gasteiger partial charge < -0.3 is 19.4 Å². The maximum atomic E-state index is 12.3. The van der Waals surface area contributed by atoms with Crippen molar-refractivity contribution in [3.8, 4) is 11.8 Å². The Morgan fingerprint density at radius 3 is 0.838 bits per heavy atom. The molecule has 680 valence electrons. The molecule has 1 aliphatic heterocycles. The van der Waals surface area contributed by atoms with E-state index >= 15 is 0 Å². The van der Waals surface area contributed by atoms with E-state index in [9.17, 15) is 5.53 Å². The van der Waals surface area contributed by atoms with Crippen molar-refractivity contribution in [3.05, 3.63) is 113 Å². The molecule has 117 heavy (non-hydrogen) atoms. The van der Waals surface area contributed by atoms with Crippen LogP contribution < -0.4 is 0 Å². The quantitative estimate of drug-likeness (QED) is 0.0207. The van der Waals surface area contributed by atoms with Crippen LogP contribution in [0.1, 0.15) is 603 Å². The van der Waals surface area contributed by atoms with Crippen LogP contribution in [0.5, 0.6) is 0 Å². The molecule has 0 saturated carbocycles. The second kappa shape index (κ2) is 95.5. The molecule has 0 radical (unpaired) electrons. The molecule has 1 heterocycles. The van der Waals surface area contributed by atoms with Crippen molar-refractivity contribution in [3.63, 3.8) is 0 Å². The summed E-state index contributed by atoms with van der Waals surface area (Å²) < 4.78 is 1.48. The Kier molecular flexibility index (Phi) is 93.3. The van der Waals surface area contributed by atoms with Gasteiger partial charge in [0.1, 0.15) is 5.57 Å². The van der Waals surface area contributed by atoms with Gasteiger partial charge in [0.15, 0.2) is 0 Å². The summed E-state index contributed by atoms with van der Waals surface area (Å²) in [6, 6.07) is 17.9. The van der Waals surface area contributed by atoms with E-state index in [0.717, 1.165) is 78.6 Å². The first-order chi connectivity index (χ1) is 57.5. The summed E-state index contributed by atoms with van der Waals surface area (Å²) in [7, 11) is 0. The molecule has 0 amide bonds. The molecule has 0 aliphatic carbocycles. The van der Waals surface area contributed by atoms with E-state index in [1.54, 1.807) is 0 Å². The van der Waals surface area contributed by atoms with Crippen LogP contribution in [-0.2, 0) is 29.3 Å². The fraction of sp³-hybridized carbons (Fsp3) is 0.807. The van der Waals surface area contributed by atoms with Crippen LogP contribution in [0.3, 0.4) is 0 Å². The zero-order chi connectivity index (χ0) is 83.5. The average Bonchev–Trinajstić information content (AvgIpc) is 1.61. The Bertz CT molecular complexity index is 2400. The molecule has 0 bridgehead atoms. The van der Waals surface area contributed by atoms with Crippen molar-refractivity contribution in [2.45, 2.75) is 594 Å². The van der Waals surface area contributed by atoms with E-state index in [2.05, 4.69) is 128 Å². The van der Waals surface area contributed by atoms with E-state index in [1.165, 1.54) is 523 Å². The van der Waals surface area contributed by atoms with Crippen LogP contribution >= 0.6 is 0 Å². The topological polar surface area (TPSA) is 25.3 Å². The minimum atomic E-state index is 0.